The summed E-state index contributed by atoms with van der Waals surface area (Å²) in [4.78, 5) is 23.2. The molecule has 0 saturated heterocycles. The average molecular weight is 882 g/mol. The van der Waals surface area contributed by atoms with Gasteiger partial charge in [0.05, 0.1) is 55.1 Å². The van der Waals surface area contributed by atoms with Crippen LogP contribution in [0.3, 0.4) is 0 Å². The van der Waals surface area contributed by atoms with Crippen molar-refractivity contribution >= 4 is 58.2 Å². The molecule has 10 heteroatoms. The molecule has 10 nitrogen and oxygen atoms in total. The van der Waals surface area contributed by atoms with Gasteiger partial charge in [0.15, 0.2) is 0 Å². The van der Waals surface area contributed by atoms with Crippen molar-refractivity contribution in [2.75, 3.05) is 26.2 Å². The normalized spacial score (nSPS) is 16.7. The molecule has 0 saturated carbocycles. The number of aliphatic hydroxyl groups is 2. The summed E-state index contributed by atoms with van der Waals surface area (Å²) >= 11 is 0. The Hall–Kier alpha value is -7.82. The van der Waals surface area contributed by atoms with Crippen molar-refractivity contribution in [3.8, 4) is 44.5 Å². The molecule has 67 heavy (non-hydrogen) atoms. The van der Waals surface area contributed by atoms with Gasteiger partial charge in [0, 0.05) is 62.7 Å². The van der Waals surface area contributed by atoms with Gasteiger partial charge in [-0.15, -0.1) is 0 Å². The van der Waals surface area contributed by atoms with E-state index in [4.69, 9.17) is 9.97 Å². The third-order valence-corrected chi connectivity index (χ3v) is 13.4. The van der Waals surface area contributed by atoms with Gasteiger partial charge in [0.25, 0.3) is 0 Å². The number of aliphatic hydroxyl groups excluding tert-OH is 2. The van der Waals surface area contributed by atoms with Gasteiger partial charge in [-0.3, -0.25) is 15.2 Å². The van der Waals surface area contributed by atoms with Crippen LogP contribution in [-0.4, -0.2) is 84.9 Å². The average Bonchev–Trinajstić information content (AvgIpc) is 4.21. The molecular formula is C57H53N8O2+. The monoisotopic (exact) mass is 881 g/mol. The van der Waals surface area contributed by atoms with E-state index in [2.05, 4.69) is 184 Å². The molecule has 0 amide bonds. The fourth-order valence-corrected chi connectivity index (χ4v) is 9.64. The van der Waals surface area contributed by atoms with Crippen LogP contribution >= 0.6 is 0 Å². The Morgan fingerprint density at radius 3 is 1.39 bits per heavy atom. The molecule has 7 aromatic rings. The summed E-state index contributed by atoms with van der Waals surface area (Å²) in [5.74, 6) is 0.940. The van der Waals surface area contributed by atoms with E-state index in [9.17, 15) is 10.2 Å². The van der Waals surface area contributed by atoms with Gasteiger partial charge >= 0.3 is 5.96 Å². The van der Waals surface area contributed by atoms with E-state index in [-0.39, 0.29) is 24.6 Å². The number of aromatic amines is 2. The van der Waals surface area contributed by atoms with E-state index in [1.165, 1.54) is 16.7 Å². The third-order valence-electron chi connectivity index (χ3n) is 13.4. The highest BCUT2D eigenvalue weighted by atomic mass is 16.3. The Morgan fingerprint density at radius 1 is 0.522 bits per heavy atom. The summed E-state index contributed by atoms with van der Waals surface area (Å²) in [7, 11) is 0. The van der Waals surface area contributed by atoms with E-state index in [1.54, 1.807) is 0 Å². The fourth-order valence-electron chi connectivity index (χ4n) is 9.64. The summed E-state index contributed by atoms with van der Waals surface area (Å²) < 4.78 is 2.28. The van der Waals surface area contributed by atoms with E-state index < -0.39 is 0 Å². The zero-order valence-electron chi connectivity index (χ0n) is 37.9. The van der Waals surface area contributed by atoms with Crippen LogP contribution in [0.2, 0.25) is 0 Å². The van der Waals surface area contributed by atoms with Gasteiger partial charge in [-0.1, -0.05) is 102 Å². The van der Waals surface area contributed by atoms with Gasteiger partial charge < -0.3 is 20.2 Å². The number of aryl methyl sites for hydroxylation is 3. The number of fused-ring (bicyclic) bond motifs is 8. The second-order valence-corrected chi connectivity index (χ2v) is 18.1. The maximum absolute atomic E-state index is 11.3. The number of H-pyrrole nitrogens is 2. The maximum atomic E-state index is 11.3. The summed E-state index contributed by atoms with van der Waals surface area (Å²) in [6.45, 7) is 8.66. The van der Waals surface area contributed by atoms with Gasteiger partial charge in [-0.05, 0) is 104 Å². The first kappa shape index (κ1) is 41.9. The first-order chi connectivity index (χ1) is 32.7. The van der Waals surface area contributed by atoms with Crippen molar-refractivity contribution < 1.29 is 14.8 Å². The number of benzene rings is 4. The molecule has 11 rings (SSSR count). The van der Waals surface area contributed by atoms with Crippen LogP contribution in [0.1, 0.15) is 57.9 Å². The lowest BCUT2D eigenvalue weighted by Gasteiger charge is -2.30. The van der Waals surface area contributed by atoms with Crippen molar-refractivity contribution in [2.24, 2.45) is 4.99 Å². The van der Waals surface area contributed by atoms with E-state index in [0.29, 0.717) is 12.1 Å². The van der Waals surface area contributed by atoms with Crippen molar-refractivity contribution in [2.45, 2.75) is 45.7 Å². The molecular weight excluding hydrogens is 829 g/mol. The van der Waals surface area contributed by atoms with Crippen molar-refractivity contribution in [1.29, 1.82) is 0 Å². The topological polar surface area (TPSA) is 137 Å². The van der Waals surface area contributed by atoms with Crippen LogP contribution < -0.4 is 10.6 Å². The number of hydrogen-bond acceptors (Lipinski definition) is 6. The van der Waals surface area contributed by atoms with E-state index in [0.717, 1.165) is 121 Å². The lowest BCUT2D eigenvalue weighted by Crippen LogP contribution is -2.60. The molecule has 7 heterocycles. The van der Waals surface area contributed by atoms with Crippen LogP contribution in [0, 0.1) is 20.8 Å². The molecule has 8 bridgehead atoms. The smallest absolute Gasteiger partial charge is 0.346 e. The predicted molar refractivity (Wildman–Crippen MR) is 274 cm³/mol. The highest BCUT2D eigenvalue weighted by Gasteiger charge is 2.31. The predicted octanol–water partition coefficient (Wildman–Crippen LogP) is 10.6. The van der Waals surface area contributed by atoms with Crippen LogP contribution in [0.25, 0.3) is 90.9 Å². The maximum Gasteiger partial charge on any atom is 0.346 e. The summed E-state index contributed by atoms with van der Waals surface area (Å²) in [5.41, 5.74) is 19.4. The second kappa shape index (κ2) is 17.5. The first-order valence-electron chi connectivity index (χ1n) is 23.2. The Balaban J connectivity index is 1.09. The number of guanidine groups is 1. The SMILES string of the molecule is Cc1ccc(-c2c3nc(c(-c4ccc(C)cc4)c4ccc([nH]4)c(-c4ccc(C(O)=NC[C@@H]5CC[N+]6=C(N[C@H](CO)CC6)N5)cc4)c4ccc([nH]4)c(-c4ccc(C)cc4)c4nc2C=C4)C=C3)cc1. The minimum absolute atomic E-state index is 0.00137. The number of aromatic nitrogens is 4. The van der Waals surface area contributed by atoms with Gasteiger partial charge in [0.1, 0.15) is 6.04 Å². The third kappa shape index (κ3) is 8.25. The lowest BCUT2D eigenvalue weighted by molar-refractivity contribution is -0.542. The van der Waals surface area contributed by atoms with Crippen molar-refractivity contribution in [3.05, 3.63) is 166 Å². The second-order valence-electron chi connectivity index (χ2n) is 18.1. The van der Waals surface area contributed by atoms with Gasteiger partial charge in [0.2, 0.25) is 5.90 Å². The van der Waals surface area contributed by atoms with E-state index in [1.807, 2.05) is 12.1 Å². The minimum atomic E-state index is -0.00137. The van der Waals surface area contributed by atoms with Crippen LogP contribution in [0.5, 0.6) is 0 Å². The Bertz CT molecular complexity index is 3190. The highest BCUT2D eigenvalue weighted by Crippen LogP contribution is 2.39. The zero-order valence-corrected chi connectivity index (χ0v) is 37.9. The number of nitrogens with zero attached hydrogens (tertiary/aromatic N) is 4. The quantitative estimate of drug-likeness (QED) is 0.0511. The molecule has 3 aromatic heterocycles. The van der Waals surface area contributed by atoms with Crippen LogP contribution in [0.4, 0.5) is 0 Å². The molecule has 6 N–H and O–H groups in total. The molecule has 0 aliphatic carbocycles. The van der Waals surface area contributed by atoms with Crippen LogP contribution in [-0.2, 0) is 0 Å². The number of rotatable bonds is 8. The number of nitrogens with one attached hydrogen (secondary N) is 4. The summed E-state index contributed by atoms with van der Waals surface area (Å²) in [6, 6.07) is 42.6. The Kier molecular flexibility index (Phi) is 10.9. The van der Waals surface area contributed by atoms with Gasteiger partial charge in [-0.2, -0.15) is 0 Å². The molecule has 4 aliphatic rings. The zero-order chi connectivity index (χ0) is 45.6. The highest BCUT2D eigenvalue weighted by molar-refractivity contribution is 6.01. The molecule has 4 aromatic carbocycles. The lowest BCUT2D eigenvalue weighted by atomic mass is 10.0. The molecule has 2 atom stereocenters. The van der Waals surface area contributed by atoms with Crippen molar-refractivity contribution in [1.82, 2.24) is 30.6 Å². The molecule has 0 spiro atoms. The molecule has 0 fully saturated rings. The van der Waals surface area contributed by atoms with Crippen LogP contribution in [0.15, 0.2) is 126 Å². The first-order valence-corrected chi connectivity index (χ1v) is 23.2. The number of hydrogen-bond donors (Lipinski definition) is 6. The molecule has 0 radical (unpaired) electrons. The fraction of sp³-hybridized carbons (Fsp3) is 0.193. The van der Waals surface area contributed by atoms with E-state index >= 15 is 0 Å². The standard InChI is InChI=1S/C57H52N8O2/c1-34-4-10-37(11-5-34)52-44-20-22-46(61-44)53(38-12-6-35(2)7-13-38)48-24-26-50(63-48)55(51-27-25-49(64-51)54(47-23-21-45(52)62-47)39-14-8-36(3)9-15-39)40-16-18-41(19-17-40)56(67)58-32-42-28-30-65-31-29-43(33-66)60-57(65)59-42/h4-27,42-43,66H,28-33H2,1-3H3,(H4,58,59,60,61,62,63,64,67)/p+1/t42-,43-/m0/s1. The molecule has 0 unspecified atom stereocenters. The molecule has 332 valence electrons. The van der Waals surface area contributed by atoms with Gasteiger partial charge in [-0.25, -0.2) is 15.0 Å². The Morgan fingerprint density at radius 2 is 0.910 bits per heavy atom. The molecule has 4 aliphatic heterocycles. The number of aliphatic imine (C=N–C) groups is 1. The largest absolute Gasteiger partial charge is 0.493 e. The summed E-state index contributed by atoms with van der Waals surface area (Å²) in [5, 5.41) is 28.0. The Labute approximate surface area is 389 Å². The van der Waals surface area contributed by atoms with Crippen molar-refractivity contribution in [3.63, 3.8) is 0 Å². The minimum Gasteiger partial charge on any atom is -0.493 e. The summed E-state index contributed by atoms with van der Waals surface area (Å²) in [6.07, 6.45) is 10.3.